The number of aromatic nitrogens is 3. The number of rotatable bonds is 4. The van der Waals surface area contributed by atoms with Gasteiger partial charge in [-0.1, -0.05) is 6.07 Å². The maximum atomic E-state index is 14.2. The Kier molecular flexibility index (Phi) is 7.08. The van der Waals surface area contributed by atoms with Crippen LogP contribution in [0.15, 0.2) is 36.5 Å². The number of benzene rings is 1. The van der Waals surface area contributed by atoms with Crippen molar-refractivity contribution < 1.29 is 41.7 Å². The number of ether oxygens (including phenoxy) is 2. The molecular weight excluding hydrogens is 514 g/mol. The van der Waals surface area contributed by atoms with Gasteiger partial charge in [0, 0.05) is 12.6 Å². The largest absolute Gasteiger partial charge is 0.471 e. The summed E-state index contributed by atoms with van der Waals surface area (Å²) in [5.74, 6) is -1.02. The average molecular weight is 539 g/mol. The fraction of sp³-hybridized carbons (Fsp3) is 0.417. The maximum Gasteiger partial charge on any atom is 0.435 e. The minimum absolute atomic E-state index is 0.0277. The number of carbonyl (C=O) groups excluding carboxylic acids is 1. The molecule has 1 saturated heterocycles. The zero-order chi connectivity index (χ0) is 27.8. The van der Waals surface area contributed by atoms with Gasteiger partial charge in [0.05, 0.1) is 18.4 Å². The highest BCUT2D eigenvalue weighted by Gasteiger charge is 2.38. The molecular formula is C24H25F4N5O5. The molecule has 1 aromatic carbocycles. The summed E-state index contributed by atoms with van der Waals surface area (Å²) < 4.78 is 67.4. The summed E-state index contributed by atoms with van der Waals surface area (Å²) in [4.78, 5) is 30.6. The lowest BCUT2D eigenvalue weighted by Gasteiger charge is -2.31. The third kappa shape index (κ3) is 5.89. The van der Waals surface area contributed by atoms with Crippen molar-refractivity contribution in [1.29, 1.82) is 0 Å². The summed E-state index contributed by atoms with van der Waals surface area (Å²) in [6, 6.07) is 6.05. The van der Waals surface area contributed by atoms with E-state index in [1.54, 1.807) is 20.8 Å². The van der Waals surface area contributed by atoms with E-state index in [1.807, 2.05) is 0 Å². The van der Waals surface area contributed by atoms with Crippen molar-refractivity contribution in [3.05, 3.63) is 48.0 Å². The molecule has 1 fully saturated rings. The quantitative estimate of drug-likeness (QED) is 0.437. The highest BCUT2D eigenvalue weighted by Crippen LogP contribution is 2.37. The molecule has 2 amide bonds. The Hall–Kier alpha value is -4.10. The van der Waals surface area contributed by atoms with Crippen molar-refractivity contribution in [2.75, 3.05) is 18.0 Å². The lowest BCUT2D eigenvalue weighted by molar-refractivity contribution is -0.142. The Labute approximate surface area is 214 Å². The molecule has 0 spiro atoms. The molecule has 1 N–H and O–H groups in total. The van der Waals surface area contributed by atoms with Crippen LogP contribution in [-0.4, -0.2) is 61.6 Å². The van der Waals surface area contributed by atoms with E-state index in [2.05, 4.69) is 10.1 Å². The first kappa shape index (κ1) is 26.9. The summed E-state index contributed by atoms with van der Waals surface area (Å²) in [6.07, 6.45) is -6.27. The maximum absolute atomic E-state index is 14.2. The first-order chi connectivity index (χ1) is 17.7. The molecule has 0 saturated carbocycles. The molecule has 38 heavy (non-hydrogen) atoms. The Morgan fingerprint density at radius 2 is 1.92 bits per heavy atom. The van der Waals surface area contributed by atoms with Crippen LogP contribution in [0.1, 0.15) is 39.3 Å². The van der Waals surface area contributed by atoms with E-state index in [9.17, 15) is 32.3 Å². The fourth-order valence-corrected chi connectivity index (χ4v) is 3.99. The number of piperidine rings is 1. The van der Waals surface area contributed by atoms with Crippen LogP contribution in [0.2, 0.25) is 0 Å². The number of alkyl halides is 3. The SMILES string of the molecule is CC(C)(C)OC(=O)N(c1cccc(F)c1)c1cc(O[C@H]2CCCN(C(=O)O)C2)nn2c(C(F)(F)F)cnc12. The molecule has 0 aliphatic carbocycles. The van der Waals surface area contributed by atoms with Gasteiger partial charge in [-0.25, -0.2) is 28.4 Å². The Morgan fingerprint density at radius 3 is 2.55 bits per heavy atom. The van der Waals surface area contributed by atoms with Crippen LogP contribution < -0.4 is 9.64 Å². The first-order valence-corrected chi connectivity index (χ1v) is 11.6. The minimum Gasteiger partial charge on any atom is -0.471 e. The Morgan fingerprint density at radius 1 is 1.18 bits per heavy atom. The number of imidazole rings is 1. The van der Waals surface area contributed by atoms with Crippen LogP contribution in [0, 0.1) is 5.82 Å². The molecule has 2 aromatic heterocycles. The van der Waals surface area contributed by atoms with E-state index >= 15 is 0 Å². The summed E-state index contributed by atoms with van der Waals surface area (Å²) in [7, 11) is 0. The number of halogens is 4. The molecule has 0 bridgehead atoms. The van der Waals surface area contributed by atoms with Crippen molar-refractivity contribution >= 4 is 29.2 Å². The third-order valence-corrected chi connectivity index (χ3v) is 5.54. The number of likely N-dealkylation sites (tertiary alicyclic amines) is 1. The van der Waals surface area contributed by atoms with Crippen LogP contribution in [0.4, 0.5) is 38.5 Å². The summed E-state index contributed by atoms with van der Waals surface area (Å²) >= 11 is 0. The smallest absolute Gasteiger partial charge is 0.435 e. The molecule has 3 heterocycles. The van der Waals surface area contributed by atoms with Crippen molar-refractivity contribution in [3.8, 4) is 5.88 Å². The van der Waals surface area contributed by atoms with Crippen LogP contribution in [0.5, 0.6) is 5.88 Å². The lowest BCUT2D eigenvalue weighted by atomic mass is 10.1. The summed E-state index contributed by atoms with van der Waals surface area (Å²) in [5, 5.41) is 13.3. The highest BCUT2D eigenvalue weighted by atomic mass is 19.4. The molecule has 10 nitrogen and oxygen atoms in total. The van der Waals surface area contributed by atoms with Crippen LogP contribution in [0.25, 0.3) is 5.65 Å². The number of carboxylic acid groups (broad SMARTS) is 1. The Balaban J connectivity index is 1.88. The van der Waals surface area contributed by atoms with E-state index in [4.69, 9.17) is 9.47 Å². The van der Waals surface area contributed by atoms with E-state index in [0.29, 0.717) is 30.1 Å². The van der Waals surface area contributed by atoms with E-state index in [0.717, 1.165) is 21.9 Å². The molecule has 0 radical (unpaired) electrons. The van der Waals surface area contributed by atoms with Gasteiger partial charge in [0.25, 0.3) is 0 Å². The van der Waals surface area contributed by atoms with Crippen molar-refractivity contribution in [2.24, 2.45) is 0 Å². The van der Waals surface area contributed by atoms with Gasteiger partial charge in [-0.15, -0.1) is 5.10 Å². The second-order valence-electron chi connectivity index (χ2n) is 9.65. The van der Waals surface area contributed by atoms with Crippen LogP contribution in [0.3, 0.4) is 0 Å². The summed E-state index contributed by atoms with van der Waals surface area (Å²) in [5.41, 5.74) is -2.85. The zero-order valence-corrected chi connectivity index (χ0v) is 20.7. The number of carbonyl (C=O) groups is 2. The second-order valence-corrected chi connectivity index (χ2v) is 9.65. The number of fused-ring (bicyclic) bond motifs is 1. The van der Waals surface area contributed by atoms with E-state index in [-0.39, 0.29) is 29.4 Å². The van der Waals surface area contributed by atoms with Gasteiger partial charge in [0.1, 0.15) is 23.2 Å². The van der Waals surface area contributed by atoms with E-state index in [1.165, 1.54) is 18.2 Å². The predicted octanol–water partition coefficient (Wildman–Crippen LogP) is 5.48. The monoisotopic (exact) mass is 539 g/mol. The number of nitrogens with zero attached hydrogens (tertiary/aromatic N) is 5. The van der Waals surface area contributed by atoms with Crippen LogP contribution in [-0.2, 0) is 10.9 Å². The average Bonchev–Trinajstić information content (AvgIpc) is 3.23. The molecule has 4 rings (SSSR count). The highest BCUT2D eigenvalue weighted by molar-refractivity contribution is 6.00. The topological polar surface area (TPSA) is 110 Å². The van der Waals surface area contributed by atoms with Gasteiger partial charge < -0.3 is 19.5 Å². The Bertz CT molecular complexity index is 1350. The number of amides is 2. The molecule has 1 aliphatic heterocycles. The number of anilines is 2. The predicted molar refractivity (Wildman–Crippen MR) is 126 cm³/mol. The third-order valence-electron chi connectivity index (χ3n) is 5.54. The summed E-state index contributed by atoms with van der Waals surface area (Å²) in [6.45, 7) is 5.05. The molecule has 1 atom stereocenters. The molecule has 14 heteroatoms. The van der Waals surface area contributed by atoms with Crippen molar-refractivity contribution in [2.45, 2.75) is 51.5 Å². The van der Waals surface area contributed by atoms with Crippen molar-refractivity contribution in [3.63, 3.8) is 0 Å². The van der Waals surface area contributed by atoms with Gasteiger partial charge in [-0.2, -0.15) is 13.2 Å². The van der Waals surface area contributed by atoms with Gasteiger partial charge >= 0.3 is 18.4 Å². The van der Waals surface area contributed by atoms with E-state index < -0.39 is 41.6 Å². The first-order valence-electron chi connectivity index (χ1n) is 11.6. The standard InChI is InChI=1S/C24H25F4N5O5/c1-23(2,3)38-22(36)32(15-7-4-6-14(25)10-15)17-11-19(37-16-8-5-9-31(13-16)21(34)35)30-33-18(24(26,27)28)12-29-20(17)33/h4,6-7,10-12,16H,5,8-9,13H2,1-3H3,(H,34,35)/t16-/m0/s1. The number of hydrogen-bond donors (Lipinski definition) is 1. The van der Waals surface area contributed by atoms with Gasteiger partial charge in [0.15, 0.2) is 11.3 Å². The van der Waals surface area contributed by atoms with Gasteiger partial charge in [0.2, 0.25) is 5.88 Å². The minimum atomic E-state index is -4.86. The lowest BCUT2D eigenvalue weighted by Crippen LogP contribution is -2.43. The second kappa shape index (κ2) is 9.99. The van der Waals surface area contributed by atoms with Gasteiger partial charge in [-0.3, -0.25) is 0 Å². The van der Waals surface area contributed by atoms with Gasteiger partial charge in [-0.05, 0) is 51.8 Å². The molecule has 3 aromatic rings. The number of hydrogen-bond acceptors (Lipinski definition) is 6. The zero-order valence-electron chi connectivity index (χ0n) is 20.7. The molecule has 0 unspecified atom stereocenters. The fourth-order valence-electron chi connectivity index (χ4n) is 3.99. The molecule has 204 valence electrons. The molecule has 1 aliphatic rings. The van der Waals surface area contributed by atoms with Crippen molar-refractivity contribution in [1.82, 2.24) is 19.5 Å². The van der Waals surface area contributed by atoms with Crippen LogP contribution >= 0.6 is 0 Å². The normalized spacial score (nSPS) is 16.4.